The summed E-state index contributed by atoms with van der Waals surface area (Å²) in [6, 6.07) is 0. The van der Waals surface area contributed by atoms with Gasteiger partial charge in [0.1, 0.15) is 0 Å². The van der Waals surface area contributed by atoms with E-state index < -0.39 is 14.6 Å². The van der Waals surface area contributed by atoms with Gasteiger partial charge in [-0.3, -0.25) is 0 Å². The largest absolute Gasteiger partial charge is 0.229 e. The van der Waals surface area contributed by atoms with Gasteiger partial charge in [-0.25, -0.2) is 8.42 Å². The monoisotopic (exact) mass is 149 g/mol. The molecule has 0 aliphatic carbocycles. The lowest BCUT2D eigenvalue weighted by Gasteiger charge is -2.19. The van der Waals surface area contributed by atoms with Crippen molar-refractivity contribution in [2.75, 3.05) is 6.26 Å². The molecule has 0 aromatic heterocycles. The van der Waals surface area contributed by atoms with E-state index in [2.05, 4.69) is 6.92 Å². The van der Waals surface area contributed by atoms with Gasteiger partial charge in [0.15, 0.2) is 9.84 Å². The summed E-state index contributed by atoms with van der Waals surface area (Å²) < 4.78 is 21.0. The molecule has 0 aromatic rings. The van der Waals surface area contributed by atoms with Crippen LogP contribution in [0.1, 0.15) is 20.3 Å². The highest BCUT2D eigenvalue weighted by atomic mass is 32.2. The average molecular weight is 149 g/mol. The molecule has 1 radical (unpaired) electrons. The molecule has 0 N–H and O–H groups in total. The molecule has 0 heterocycles. The molecule has 0 fully saturated rings. The number of hydrogen-bond donors (Lipinski definition) is 0. The predicted molar refractivity (Wildman–Crippen MR) is 38.9 cm³/mol. The minimum Gasteiger partial charge on any atom is -0.229 e. The van der Waals surface area contributed by atoms with Crippen molar-refractivity contribution in [3.05, 3.63) is 6.92 Å². The molecule has 0 aliphatic rings. The van der Waals surface area contributed by atoms with Crippen LogP contribution in [0.4, 0.5) is 0 Å². The van der Waals surface area contributed by atoms with Gasteiger partial charge in [0.25, 0.3) is 0 Å². The second kappa shape index (κ2) is 2.29. The lowest BCUT2D eigenvalue weighted by molar-refractivity contribution is 0.553. The van der Waals surface area contributed by atoms with E-state index in [1.54, 1.807) is 13.8 Å². The third-order valence-electron chi connectivity index (χ3n) is 1.61. The molecule has 0 spiro atoms. The Bertz CT molecular complexity index is 177. The van der Waals surface area contributed by atoms with Crippen molar-refractivity contribution in [3.63, 3.8) is 0 Å². The Kier molecular flexibility index (Phi) is 2.28. The molecular weight excluding hydrogens is 136 g/mol. The highest BCUT2D eigenvalue weighted by Gasteiger charge is 2.27. The molecule has 0 amide bonds. The maximum atomic E-state index is 10.8. The fraction of sp³-hybridized carbons (Fsp3) is 0.833. The van der Waals surface area contributed by atoms with E-state index in [4.69, 9.17) is 0 Å². The molecule has 0 saturated carbocycles. The quantitative estimate of drug-likeness (QED) is 0.587. The molecule has 2 nitrogen and oxygen atoms in total. The highest BCUT2D eigenvalue weighted by Crippen LogP contribution is 2.17. The van der Waals surface area contributed by atoms with E-state index in [1.165, 1.54) is 6.26 Å². The number of hydrogen-bond acceptors (Lipinski definition) is 2. The Hall–Kier alpha value is -0.0500. The van der Waals surface area contributed by atoms with Gasteiger partial charge in [0, 0.05) is 6.26 Å². The van der Waals surface area contributed by atoms with Crippen molar-refractivity contribution < 1.29 is 8.42 Å². The van der Waals surface area contributed by atoms with Crippen LogP contribution in [0.3, 0.4) is 0 Å². The van der Waals surface area contributed by atoms with Crippen LogP contribution in [-0.2, 0) is 9.84 Å². The van der Waals surface area contributed by atoms with E-state index in [-0.39, 0.29) is 0 Å². The summed E-state index contributed by atoms with van der Waals surface area (Å²) in [7, 11) is -2.91. The first kappa shape index (κ1) is 8.95. The second-order valence-corrected chi connectivity index (χ2v) is 5.43. The first-order valence-electron chi connectivity index (χ1n) is 2.80. The van der Waals surface area contributed by atoms with Gasteiger partial charge in [-0.15, -0.1) is 0 Å². The summed E-state index contributed by atoms with van der Waals surface area (Å²) in [5, 5.41) is 0. The van der Waals surface area contributed by atoms with Crippen LogP contribution in [0.2, 0.25) is 0 Å². The zero-order valence-corrected chi connectivity index (χ0v) is 6.96. The summed E-state index contributed by atoms with van der Waals surface area (Å²) in [5.41, 5.74) is 0. The Morgan fingerprint density at radius 1 is 1.44 bits per heavy atom. The molecule has 0 saturated heterocycles. The van der Waals surface area contributed by atoms with Crippen molar-refractivity contribution in [2.45, 2.75) is 25.0 Å². The molecule has 3 heteroatoms. The van der Waals surface area contributed by atoms with Crippen LogP contribution in [0, 0.1) is 6.92 Å². The summed E-state index contributed by atoms with van der Waals surface area (Å²) in [6.45, 7) is 6.90. The molecule has 0 rings (SSSR count). The summed E-state index contributed by atoms with van der Waals surface area (Å²) >= 11 is 0. The van der Waals surface area contributed by atoms with Crippen molar-refractivity contribution in [1.29, 1.82) is 0 Å². The minimum absolute atomic E-state index is 0.422. The maximum Gasteiger partial charge on any atom is 0.152 e. The van der Waals surface area contributed by atoms with Crippen molar-refractivity contribution in [1.82, 2.24) is 0 Å². The van der Waals surface area contributed by atoms with Gasteiger partial charge in [-0.2, -0.15) is 0 Å². The zero-order valence-electron chi connectivity index (χ0n) is 6.14. The normalized spacial score (nSPS) is 13.8. The summed E-state index contributed by atoms with van der Waals surface area (Å²) in [4.78, 5) is 0. The summed E-state index contributed by atoms with van der Waals surface area (Å²) in [5.74, 6) is 0. The molecule has 55 valence electrons. The SMILES string of the molecule is [CH2]CC(C)(C)S(C)(=O)=O. The fourth-order valence-corrected chi connectivity index (χ4v) is 0.556. The third-order valence-corrected chi connectivity index (χ3v) is 3.82. The van der Waals surface area contributed by atoms with Gasteiger partial charge in [-0.05, 0) is 20.3 Å². The van der Waals surface area contributed by atoms with E-state index in [1.807, 2.05) is 0 Å². The molecule has 0 bridgehead atoms. The molecule has 9 heavy (non-hydrogen) atoms. The predicted octanol–water partition coefficient (Wildman–Crippen LogP) is 1.03. The first-order chi connectivity index (χ1) is 3.81. The van der Waals surface area contributed by atoms with Gasteiger partial charge in [0.05, 0.1) is 4.75 Å². The lowest BCUT2D eigenvalue weighted by Crippen LogP contribution is -2.29. The molecular formula is C6H13O2S. The first-order valence-corrected chi connectivity index (χ1v) is 4.69. The van der Waals surface area contributed by atoms with Gasteiger partial charge in [-0.1, -0.05) is 6.92 Å². The van der Waals surface area contributed by atoms with Crippen LogP contribution in [0.25, 0.3) is 0 Å². The Labute approximate surface area is 57.2 Å². The zero-order chi connectivity index (χ0) is 7.71. The number of rotatable bonds is 2. The molecule has 0 aliphatic heterocycles. The van der Waals surface area contributed by atoms with Gasteiger partial charge in [0.2, 0.25) is 0 Å². The topological polar surface area (TPSA) is 34.1 Å². The fourth-order valence-electron chi connectivity index (χ4n) is 0.185. The lowest BCUT2D eigenvalue weighted by atomic mass is 10.1. The molecule has 0 unspecified atom stereocenters. The second-order valence-electron chi connectivity index (χ2n) is 2.78. The van der Waals surface area contributed by atoms with Crippen LogP contribution in [-0.4, -0.2) is 19.4 Å². The molecule has 0 atom stereocenters. The molecule has 0 aromatic carbocycles. The average Bonchev–Trinajstić information content (AvgIpc) is 1.64. The van der Waals surface area contributed by atoms with E-state index >= 15 is 0 Å². The van der Waals surface area contributed by atoms with Crippen LogP contribution < -0.4 is 0 Å². The van der Waals surface area contributed by atoms with Crippen molar-refractivity contribution >= 4 is 9.84 Å². The van der Waals surface area contributed by atoms with Crippen LogP contribution in [0.5, 0.6) is 0 Å². The minimum atomic E-state index is -2.91. The summed E-state index contributed by atoms with van der Waals surface area (Å²) in [6.07, 6.45) is 1.66. The Morgan fingerprint density at radius 3 is 1.78 bits per heavy atom. The standard InChI is InChI=1S/C6H13O2S/c1-5-6(2,3)9(4,7)8/h1,5H2,2-4H3. The van der Waals surface area contributed by atoms with Crippen molar-refractivity contribution in [2.24, 2.45) is 0 Å². The Morgan fingerprint density at radius 2 is 1.78 bits per heavy atom. The van der Waals surface area contributed by atoms with Crippen LogP contribution in [0.15, 0.2) is 0 Å². The van der Waals surface area contributed by atoms with Gasteiger partial charge >= 0.3 is 0 Å². The third kappa shape index (κ3) is 1.97. The van der Waals surface area contributed by atoms with E-state index in [0.29, 0.717) is 6.42 Å². The van der Waals surface area contributed by atoms with Crippen LogP contribution >= 0.6 is 0 Å². The van der Waals surface area contributed by atoms with Crippen molar-refractivity contribution in [3.8, 4) is 0 Å². The highest BCUT2D eigenvalue weighted by molar-refractivity contribution is 7.92. The Balaban J connectivity index is 4.56. The van der Waals surface area contributed by atoms with E-state index in [9.17, 15) is 8.42 Å². The van der Waals surface area contributed by atoms with Gasteiger partial charge < -0.3 is 0 Å². The smallest absolute Gasteiger partial charge is 0.152 e. The van der Waals surface area contributed by atoms with E-state index in [0.717, 1.165) is 0 Å². The number of sulfone groups is 1. The maximum absolute atomic E-state index is 10.8.